The van der Waals surface area contributed by atoms with Crippen LogP contribution in [0.1, 0.15) is 56.6 Å². The Morgan fingerprint density at radius 1 is 1.43 bits per heavy atom. The van der Waals surface area contributed by atoms with Gasteiger partial charge >= 0.3 is 0 Å². The molecule has 0 aliphatic carbocycles. The lowest BCUT2D eigenvalue weighted by molar-refractivity contribution is -0.116. The Morgan fingerprint density at radius 3 is 2.81 bits per heavy atom. The summed E-state index contributed by atoms with van der Waals surface area (Å²) in [6, 6.07) is 6.75. The highest BCUT2D eigenvalue weighted by Gasteiger charge is 2.16. The Morgan fingerprint density at radius 2 is 2.19 bits per heavy atom. The lowest BCUT2D eigenvalue weighted by atomic mass is 9.98. The van der Waals surface area contributed by atoms with E-state index in [-0.39, 0.29) is 18.3 Å². The number of aryl methyl sites for hydroxylation is 1. The summed E-state index contributed by atoms with van der Waals surface area (Å²) < 4.78 is 0. The fourth-order valence-electron chi connectivity index (χ4n) is 2.85. The number of carbonyl (C=O) groups excluding carboxylic acids is 1. The van der Waals surface area contributed by atoms with Crippen LogP contribution in [-0.2, 0) is 4.79 Å². The van der Waals surface area contributed by atoms with Crippen molar-refractivity contribution in [3.63, 3.8) is 0 Å². The van der Waals surface area contributed by atoms with Crippen molar-refractivity contribution in [3.05, 3.63) is 29.3 Å². The summed E-state index contributed by atoms with van der Waals surface area (Å²) in [5, 5.41) is 6.55. The molecule has 1 aliphatic rings. The summed E-state index contributed by atoms with van der Waals surface area (Å²) in [7, 11) is 0. The number of carbonyl (C=O) groups is 1. The lowest BCUT2D eigenvalue weighted by Crippen LogP contribution is -2.24. The summed E-state index contributed by atoms with van der Waals surface area (Å²) >= 11 is 0. The highest BCUT2D eigenvalue weighted by atomic mass is 35.5. The number of hydrogen-bond donors (Lipinski definition) is 2. The van der Waals surface area contributed by atoms with E-state index in [2.05, 4.69) is 49.6 Å². The summed E-state index contributed by atoms with van der Waals surface area (Å²) in [5.74, 6) is 0.552. The van der Waals surface area contributed by atoms with Gasteiger partial charge in [-0.05, 0) is 49.8 Å². The first-order valence-corrected chi connectivity index (χ1v) is 7.70. The quantitative estimate of drug-likeness (QED) is 0.862. The largest absolute Gasteiger partial charge is 0.326 e. The first-order valence-electron chi connectivity index (χ1n) is 7.70. The second-order valence-corrected chi connectivity index (χ2v) is 6.07. The molecule has 2 rings (SSSR count). The molecule has 2 N–H and O–H groups in total. The molecule has 1 saturated heterocycles. The molecule has 1 aliphatic heterocycles. The fourth-order valence-corrected chi connectivity index (χ4v) is 2.85. The Bertz CT molecular complexity index is 468. The van der Waals surface area contributed by atoms with Gasteiger partial charge in [0.2, 0.25) is 5.91 Å². The Balaban J connectivity index is 0.00000220. The molecule has 1 fully saturated rings. The number of anilines is 1. The zero-order valence-electron chi connectivity index (χ0n) is 13.2. The van der Waals surface area contributed by atoms with E-state index in [1.165, 1.54) is 18.4 Å². The maximum atomic E-state index is 12.2. The van der Waals surface area contributed by atoms with E-state index in [1.54, 1.807) is 0 Å². The molecule has 4 heteroatoms. The average molecular weight is 311 g/mol. The van der Waals surface area contributed by atoms with E-state index >= 15 is 0 Å². The van der Waals surface area contributed by atoms with Crippen molar-refractivity contribution >= 4 is 24.0 Å². The van der Waals surface area contributed by atoms with Crippen molar-refractivity contribution in [1.82, 2.24) is 5.32 Å². The molecule has 21 heavy (non-hydrogen) atoms. The predicted octanol–water partition coefficient (Wildman–Crippen LogP) is 4.01. The van der Waals surface area contributed by atoms with Gasteiger partial charge in [-0.25, -0.2) is 0 Å². The van der Waals surface area contributed by atoms with Gasteiger partial charge in [-0.1, -0.05) is 32.0 Å². The number of benzene rings is 1. The monoisotopic (exact) mass is 310 g/mol. The van der Waals surface area contributed by atoms with Gasteiger partial charge in [-0.15, -0.1) is 12.4 Å². The van der Waals surface area contributed by atoms with Crippen LogP contribution in [0.3, 0.4) is 0 Å². The molecular formula is C17H27ClN2O. The maximum absolute atomic E-state index is 12.2. The topological polar surface area (TPSA) is 41.1 Å². The molecule has 0 radical (unpaired) electrons. The molecule has 118 valence electrons. The van der Waals surface area contributed by atoms with Crippen LogP contribution in [0.15, 0.2) is 18.2 Å². The number of hydrogen-bond acceptors (Lipinski definition) is 2. The van der Waals surface area contributed by atoms with Crippen molar-refractivity contribution < 1.29 is 4.79 Å². The molecular weight excluding hydrogens is 284 g/mol. The normalized spacial score (nSPS) is 17.6. The van der Waals surface area contributed by atoms with Crippen LogP contribution in [0.2, 0.25) is 0 Å². The maximum Gasteiger partial charge on any atom is 0.224 e. The first-order chi connectivity index (χ1) is 9.58. The Labute approximate surface area is 134 Å². The summed E-state index contributed by atoms with van der Waals surface area (Å²) in [4.78, 5) is 12.2. The third-order valence-corrected chi connectivity index (χ3v) is 4.07. The Hall–Kier alpha value is -1.06. The van der Waals surface area contributed by atoms with E-state index < -0.39 is 0 Å². The summed E-state index contributed by atoms with van der Waals surface area (Å²) in [5.41, 5.74) is 3.37. The van der Waals surface area contributed by atoms with Gasteiger partial charge in [0.15, 0.2) is 0 Å². The molecule has 1 aromatic rings. The van der Waals surface area contributed by atoms with Crippen LogP contribution in [0.4, 0.5) is 5.69 Å². The number of halogens is 1. The highest BCUT2D eigenvalue weighted by Crippen LogP contribution is 2.27. The molecule has 1 atom stereocenters. The lowest BCUT2D eigenvalue weighted by Gasteiger charge is -2.17. The highest BCUT2D eigenvalue weighted by molar-refractivity contribution is 5.92. The first kappa shape index (κ1) is 18.0. The van der Waals surface area contributed by atoms with Gasteiger partial charge in [-0.2, -0.15) is 0 Å². The second kappa shape index (κ2) is 8.40. The fraction of sp³-hybridized carbons (Fsp3) is 0.588. The minimum absolute atomic E-state index is 0. The smallest absolute Gasteiger partial charge is 0.224 e. The van der Waals surface area contributed by atoms with Gasteiger partial charge in [0.05, 0.1) is 0 Å². The van der Waals surface area contributed by atoms with Crippen LogP contribution in [-0.4, -0.2) is 18.5 Å². The van der Waals surface area contributed by atoms with Crippen LogP contribution in [0.5, 0.6) is 0 Å². The molecule has 1 heterocycles. The van der Waals surface area contributed by atoms with Crippen molar-refractivity contribution in [2.75, 3.05) is 11.9 Å². The van der Waals surface area contributed by atoms with Crippen LogP contribution in [0, 0.1) is 6.92 Å². The summed E-state index contributed by atoms with van der Waals surface area (Å²) in [6.07, 6.45) is 3.98. The second-order valence-electron chi connectivity index (χ2n) is 6.07. The van der Waals surface area contributed by atoms with Crippen LogP contribution >= 0.6 is 12.4 Å². The molecule has 0 saturated carbocycles. The summed E-state index contributed by atoms with van der Waals surface area (Å²) in [6.45, 7) is 7.47. The van der Waals surface area contributed by atoms with Crippen molar-refractivity contribution in [2.45, 2.75) is 58.4 Å². The molecule has 1 amide bonds. The number of amides is 1. The molecule has 0 spiro atoms. The van der Waals surface area contributed by atoms with Crippen molar-refractivity contribution in [3.8, 4) is 0 Å². The third kappa shape index (κ3) is 5.01. The zero-order valence-corrected chi connectivity index (χ0v) is 14.1. The van der Waals surface area contributed by atoms with Gasteiger partial charge < -0.3 is 10.6 Å². The number of nitrogens with one attached hydrogen (secondary N) is 2. The minimum Gasteiger partial charge on any atom is -0.326 e. The van der Waals surface area contributed by atoms with E-state index in [0.717, 1.165) is 24.2 Å². The van der Waals surface area contributed by atoms with E-state index in [9.17, 15) is 4.79 Å². The number of para-hydroxylation sites is 1. The van der Waals surface area contributed by atoms with Gasteiger partial charge in [0.25, 0.3) is 0 Å². The van der Waals surface area contributed by atoms with E-state index in [1.807, 2.05) is 0 Å². The molecule has 1 unspecified atom stereocenters. The average Bonchev–Trinajstić information content (AvgIpc) is 2.91. The van der Waals surface area contributed by atoms with E-state index in [4.69, 9.17) is 0 Å². The van der Waals surface area contributed by atoms with Crippen molar-refractivity contribution in [2.24, 2.45) is 0 Å². The van der Waals surface area contributed by atoms with Gasteiger partial charge in [-0.3, -0.25) is 4.79 Å². The molecule has 0 aromatic heterocycles. The third-order valence-electron chi connectivity index (χ3n) is 4.07. The van der Waals surface area contributed by atoms with Crippen LogP contribution in [0.25, 0.3) is 0 Å². The van der Waals surface area contributed by atoms with Gasteiger partial charge in [0.1, 0.15) is 0 Å². The van der Waals surface area contributed by atoms with E-state index in [0.29, 0.717) is 18.4 Å². The standard InChI is InChI=1S/C17H26N2O.ClH/c1-12(2)15-8-4-6-13(3)17(15)19-16(20)10-9-14-7-5-11-18-14;/h4,6,8,12,14,18H,5,7,9-11H2,1-3H3,(H,19,20);1H. The zero-order chi connectivity index (χ0) is 14.5. The van der Waals surface area contributed by atoms with Gasteiger partial charge in [0, 0.05) is 18.2 Å². The Kier molecular flexibility index (Phi) is 7.20. The SMILES string of the molecule is Cc1cccc(C(C)C)c1NC(=O)CCC1CCCN1.Cl. The number of rotatable bonds is 5. The van der Waals surface area contributed by atoms with Crippen molar-refractivity contribution in [1.29, 1.82) is 0 Å². The molecule has 1 aromatic carbocycles. The van der Waals surface area contributed by atoms with Crippen LogP contribution < -0.4 is 10.6 Å². The molecule has 3 nitrogen and oxygen atoms in total. The molecule has 0 bridgehead atoms. The minimum atomic E-state index is 0. The predicted molar refractivity (Wildman–Crippen MR) is 91.4 cm³/mol.